The van der Waals surface area contributed by atoms with Crippen molar-refractivity contribution in [1.82, 2.24) is 60.0 Å². The van der Waals surface area contributed by atoms with Crippen molar-refractivity contribution in [3.63, 3.8) is 0 Å². The molecule has 654 valence electrons. The Kier molecular flexibility index (Phi) is 30.3. The molecule has 129 heavy (non-hydrogen) atoms. The number of para-hydroxylation sites is 1. The summed E-state index contributed by atoms with van der Waals surface area (Å²) in [6, 6.07) is 78.6. The first-order chi connectivity index (χ1) is 62.7. The quantitative estimate of drug-likeness (QED) is 0.0190. The molecule has 0 spiro atoms. The standard InChI is InChI=1S/3C24H21N3O4S.C22H18N4O6S/c1-29-20-8-6-9-21(30-2)23(20)27-15-19(25-26-27)18-7-4-5-10-22(18)32-17-13-11-16(12-14-17)24(28)31-3;1-29-17-10-13-22(30-2)21(14-17)27-15-20(25-26-27)19-6-4-5-7-23(19)32-18-11-8-16(9-12-18)24(28)31-3;1-29-17-10-13-21(22(14-17)30-2)27-15-20(25-26-27)19-6-4-5-7-23(19)32-18-11-8-16(9-12-18)24(28)31-3;1-31-16-9-12-21(32-2)20(13-16)25-14-19(23-24-25)18-5-3-4-6-22(18)33(29,30)17-10-7-15(8-11-17)26(27)28/h3*4-15H,1-3H3;3-14H,1-2H3. The van der Waals surface area contributed by atoms with Gasteiger partial charge in [0.15, 0.2) is 5.69 Å². The maximum absolute atomic E-state index is 13.3. The van der Waals surface area contributed by atoms with Gasteiger partial charge < -0.3 is 52.1 Å². The lowest BCUT2D eigenvalue weighted by atomic mass is 10.2. The summed E-state index contributed by atoms with van der Waals surface area (Å²) in [7, 11) is 12.8. The summed E-state index contributed by atoms with van der Waals surface area (Å²) in [4.78, 5) is 51.3. The van der Waals surface area contributed by atoms with Crippen molar-refractivity contribution < 1.29 is 79.8 Å². The smallest absolute Gasteiger partial charge is 0.337 e. The Balaban J connectivity index is 0.000000147. The van der Waals surface area contributed by atoms with Crippen LogP contribution in [0, 0.1) is 10.1 Å². The van der Waals surface area contributed by atoms with Crippen LogP contribution in [0.2, 0.25) is 0 Å². The van der Waals surface area contributed by atoms with Crippen LogP contribution in [0.4, 0.5) is 5.69 Å². The van der Waals surface area contributed by atoms with Crippen molar-refractivity contribution in [1.29, 1.82) is 0 Å². The zero-order chi connectivity index (χ0) is 91.1. The Morgan fingerprint density at radius 3 is 1.03 bits per heavy atom. The highest BCUT2D eigenvalue weighted by atomic mass is 32.2. The third-order valence-electron chi connectivity index (χ3n) is 19.3. The van der Waals surface area contributed by atoms with Crippen molar-refractivity contribution in [2.75, 3.05) is 78.2 Å². The average molecular weight is 1810 g/mol. The molecular weight excluding hydrogens is 1730 g/mol. The molecule has 12 aromatic carbocycles. The first-order valence-electron chi connectivity index (χ1n) is 38.8. The number of carbonyl (C=O) groups excluding carboxylic acids is 3. The summed E-state index contributed by atoms with van der Waals surface area (Å²) in [6.45, 7) is 0. The second kappa shape index (κ2) is 42.9. The minimum Gasteiger partial charge on any atom is -0.497 e. The number of non-ortho nitro benzene ring substituents is 1. The molecule has 0 saturated heterocycles. The number of rotatable bonds is 28. The topological polar surface area (TPSA) is 353 Å². The van der Waals surface area contributed by atoms with Crippen molar-refractivity contribution in [3.8, 4) is 114 Å². The van der Waals surface area contributed by atoms with E-state index in [4.69, 9.17) is 52.1 Å². The third kappa shape index (κ3) is 21.7. The number of benzene rings is 12. The molecule has 16 aromatic rings. The van der Waals surface area contributed by atoms with Crippen molar-refractivity contribution >= 4 is 68.7 Å². The van der Waals surface area contributed by atoms with Crippen LogP contribution in [-0.2, 0) is 24.0 Å². The number of aromatic nitrogens is 12. The molecule has 0 bridgehead atoms. The van der Waals surface area contributed by atoms with Crippen molar-refractivity contribution in [3.05, 3.63) is 319 Å². The number of methoxy groups -OCH3 is 11. The molecule has 4 aromatic heterocycles. The molecule has 0 N–H and O–H groups in total. The van der Waals surface area contributed by atoms with Crippen LogP contribution < -0.4 is 37.9 Å². The number of carbonyl (C=O) groups is 3. The van der Waals surface area contributed by atoms with Crippen molar-refractivity contribution in [2.45, 2.75) is 39.2 Å². The largest absolute Gasteiger partial charge is 0.497 e. The lowest BCUT2D eigenvalue weighted by Gasteiger charge is -2.12. The molecule has 0 atom stereocenters. The van der Waals surface area contributed by atoms with Gasteiger partial charge in [0.25, 0.3) is 5.69 Å². The van der Waals surface area contributed by atoms with E-state index in [1.165, 1.54) is 58.4 Å². The summed E-state index contributed by atoms with van der Waals surface area (Å²) in [6.07, 6.45) is 7.16. The van der Waals surface area contributed by atoms with Gasteiger partial charge in [-0.15, -0.1) is 20.4 Å². The monoisotopic (exact) mass is 1810 g/mol. The highest BCUT2D eigenvalue weighted by Gasteiger charge is 2.26. The maximum Gasteiger partial charge on any atom is 0.337 e. The highest BCUT2D eigenvalue weighted by molar-refractivity contribution is 8.00. The van der Waals surface area contributed by atoms with Gasteiger partial charge >= 0.3 is 17.9 Å². The van der Waals surface area contributed by atoms with Gasteiger partial charge in [-0.2, -0.15) is 0 Å². The number of nitrogens with zero attached hydrogens (tertiary/aromatic N) is 13. The van der Waals surface area contributed by atoms with Crippen LogP contribution in [-0.4, -0.2) is 169 Å². The predicted molar refractivity (Wildman–Crippen MR) is 484 cm³/mol. The van der Waals surface area contributed by atoms with Gasteiger partial charge in [0.2, 0.25) is 9.84 Å². The van der Waals surface area contributed by atoms with Gasteiger partial charge in [0, 0.05) is 82.0 Å². The van der Waals surface area contributed by atoms with E-state index in [0.29, 0.717) is 91.0 Å². The van der Waals surface area contributed by atoms with Crippen LogP contribution in [0.15, 0.2) is 331 Å². The number of nitro groups is 1. The SMILES string of the molecule is COC(=O)c1ccc(Sc2ccccc2-c2cn(-c3c(OC)cccc3OC)nn2)cc1.COC(=O)c1ccc(Sc2ccccc2-c2cn(-c3cc(OC)ccc3OC)nn2)cc1.COC(=O)c1ccc(Sc2ccccc2-c2cn(-c3ccc(OC)cc3OC)nn2)cc1.COc1ccc(OC)c(-n2cc(-c3ccccc3S(=O)(=O)c3ccc([N+](=O)[O-])cc3)nn2)c1. The van der Waals surface area contributed by atoms with Gasteiger partial charge in [-0.05, 0) is 158 Å². The Morgan fingerprint density at radius 2 is 0.659 bits per heavy atom. The van der Waals surface area contributed by atoms with E-state index in [1.807, 2.05) is 176 Å². The van der Waals surface area contributed by atoms with Crippen LogP contribution in [0.25, 0.3) is 67.8 Å². The van der Waals surface area contributed by atoms with Gasteiger partial charge in [0.05, 0.1) is 134 Å². The average Bonchev–Trinajstić information content (AvgIpc) is 1.65. The Morgan fingerprint density at radius 1 is 0.326 bits per heavy atom. The summed E-state index contributed by atoms with van der Waals surface area (Å²) >= 11 is 4.75. The molecule has 0 fully saturated rings. The molecular formula is C94H81N13O18S4. The molecule has 0 unspecified atom stereocenters. The van der Waals surface area contributed by atoms with Crippen LogP contribution >= 0.6 is 35.3 Å². The van der Waals surface area contributed by atoms with Gasteiger partial charge in [-0.1, -0.05) is 135 Å². The molecule has 0 aliphatic heterocycles. The summed E-state index contributed by atoms with van der Waals surface area (Å²) in [5, 5.41) is 45.3. The second-order valence-electron chi connectivity index (χ2n) is 26.9. The van der Waals surface area contributed by atoms with E-state index >= 15 is 0 Å². The number of hydrogen-bond donors (Lipinski definition) is 0. The lowest BCUT2D eigenvalue weighted by Crippen LogP contribution is -2.04. The highest BCUT2D eigenvalue weighted by Crippen LogP contribution is 2.42. The fourth-order valence-electron chi connectivity index (χ4n) is 12.8. The minimum absolute atomic E-state index is 0.00325. The third-order valence-corrected chi connectivity index (χ3v) is 24.4. The molecule has 31 nitrogen and oxygen atoms in total. The summed E-state index contributed by atoms with van der Waals surface area (Å²) in [5.74, 6) is 4.01. The van der Waals surface area contributed by atoms with Crippen LogP contribution in [0.5, 0.6) is 46.0 Å². The molecule has 35 heteroatoms. The van der Waals surface area contributed by atoms with Gasteiger partial charge in [-0.3, -0.25) is 10.1 Å². The van der Waals surface area contributed by atoms with E-state index in [-0.39, 0.29) is 33.4 Å². The van der Waals surface area contributed by atoms with E-state index in [1.54, 1.807) is 177 Å². The lowest BCUT2D eigenvalue weighted by molar-refractivity contribution is -0.384. The van der Waals surface area contributed by atoms with Gasteiger partial charge in [0.1, 0.15) is 85.8 Å². The molecule has 4 heterocycles. The molecule has 0 amide bonds. The second-order valence-corrected chi connectivity index (χ2v) is 32.2. The zero-order valence-corrected chi connectivity index (χ0v) is 74.3. The number of esters is 3. The summed E-state index contributed by atoms with van der Waals surface area (Å²) < 4.78 is 90.6. The van der Waals surface area contributed by atoms with E-state index < -0.39 is 14.8 Å². The first kappa shape index (κ1) is 91.1. The van der Waals surface area contributed by atoms with Crippen molar-refractivity contribution in [2.24, 2.45) is 0 Å². The molecule has 0 aliphatic rings. The van der Waals surface area contributed by atoms with E-state index in [2.05, 4.69) is 41.2 Å². The fourth-order valence-corrected chi connectivity index (χ4v) is 17.1. The minimum atomic E-state index is -3.98. The predicted octanol–water partition coefficient (Wildman–Crippen LogP) is 18.4. The molecule has 16 rings (SSSR count). The normalized spacial score (nSPS) is 10.8. The van der Waals surface area contributed by atoms with Crippen LogP contribution in [0.3, 0.4) is 0 Å². The number of nitro benzene ring substituents is 1. The number of sulfone groups is 1. The Bertz CT molecular complexity index is 6730. The Hall–Kier alpha value is -15.6. The van der Waals surface area contributed by atoms with E-state index in [9.17, 15) is 32.9 Å². The first-order valence-corrected chi connectivity index (χ1v) is 42.7. The Labute approximate surface area is 753 Å². The zero-order valence-electron chi connectivity index (χ0n) is 71.0. The van der Waals surface area contributed by atoms with Crippen LogP contribution in [0.1, 0.15) is 31.1 Å². The van der Waals surface area contributed by atoms with Gasteiger partial charge in [-0.25, -0.2) is 41.5 Å². The summed E-state index contributed by atoms with van der Waals surface area (Å²) in [5.41, 5.74) is 9.75. The van der Waals surface area contributed by atoms with E-state index in [0.717, 1.165) is 81.0 Å². The molecule has 0 saturated carbocycles. The fraction of sp³-hybridized carbons (Fsp3) is 0.117. The number of hydrogen-bond acceptors (Lipinski definition) is 29. The molecule has 0 radical (unpaired) electrons. The number of ether oxygens (including phenoxy) is 11. The molecule has 0 aliphatic carbocycles. The maximum atomic E-state index is 13.3.